The fraction of sp³-hybridized carbons (Fsp3) is 0.926. The molecule has 0 aromatic rings. The summed E-state index contributed by atoms with van der Waals surface area (Å²) >= 11 is 1.25. The Morgan fingerprint density at radius 2 is 1.15 bits per heavy atom. The van der Waals surface area contributed by atoms with Crippen LogP contribution in [-0.4, -0.2) is 44.8 Å². The van der Waals surface area contributed by atoms with Crippen LogP contribution in [0.3, 0.4) is 0 Å². The van der Waals surface area contributed by atoms with Gasteiger partial charge in [0.25, 0.3) is 5.12 Å². The van der Waals surface area contributed by atoms with Gasteiger partial charge < -0.3 is 13.3 Å². The summed E-state index contributed by atoms with van der Waals surface area (Å²) in [5.41, 5.74) is 0. The van der Waals surface area contributed by atoms with Gasteiger partial charge in [-0.05, 0) is 38.5 Å². The number of rotatable bonds is 25. The van der Waals surface area contributed by atoms with Crippen LogP contribution < -0.4 is 0 Å². The summed E-state index contributed by atoms with van der Waals surface area (Å²) < 4.78 is 19.2. The number of hydrogen-bond donors (Lipinski definition) is 0. The first-order valence-corrected chi connectivity index (χ1v) is 16.9. The molecule has 1 atom stereocenters. The maximum absolute atomic E-state index is 12.6. The largest absolute Gasteiger partial charge is 0.500 e. The van der Waals surface area contributed by atoms with Gasteiger partial charge in [-0.3, -0.25) is 9.59 Å². The second kappa shape index (κ2) is 23.2. The van der Waals surface area contributed by atoms with E-state index in [1.807, 2.05) is 6.92 Å². The standard InChI is InChI=1S/C27H54O5SSi/c1-6-11-15-16-17-19-25(33-27(29)26(28)18-10-5)20-24-34(30-21-12-7-2,31-22-13-8-3)32-23-14-9-4/h25H,6-24H2,1-5H3. The molecule has 0 aromatic heterocycles. The molecule has 0 saturated carbocycles. The molecule has 0 rings (SSSR count). The smallest absolute Gasteiger partial charge is 0.373 e. The zero-order chi connectivity index (χ0) is 25.5. The summed E-state index contributed by atoms with van der Waals surface area (Å²) in [6, 6.07) is 0.714. The van der Waals surface area contributed by atoms with Gasteiger partial charge in [0.2, 0.25) is 5.78 Å². The number of hydrogen-bond acceptors (Lipinski definition) is 6. The van der Waals surface area contributed by atoms with Crippen molar-refractivity contribution in [1.82, 2.24) is 0 Å². The average Bonchev–Trinajstić information content (AvgIpc) is 2.82. The first kappa shape index (κ1) is 33.8. The Hall–Kier alpha value is -0.213. The Bertz CT molecular complexity index is 477. The number of Topliss-reactive ketones (excluding diaryl/α,β-unsaturated/α-hetero) is 1. The first-order chi connectivity index (χ1) is 16.5. The van der Waals surface area contributed by atoms with Gasteiger partial charge in [-0.15, -0.1) is 0 Å². The van der Waals surface area contributed by atoms with Gasteiger partial charge in [0.15, 0.2) is 0 Å². The highest BCUT2D eigenvalue weighted by Gasteiger charge is 2.41. The SMILES string of the molecule is CCCCCCCC(CC[Si](OCCCC)(OCCCC)OCCCC)SC(=O)C(=O)CCC. The predicted octanol–water partition coefficient (Wildman–Crippen LogP) is 8.12. The molecular weight excluding hydrogens is 464 g/mol. The summed E-state index contributed by atoms with van der Waals surface area (Å²) in [7, 11) is -2.83. The molecule has 0 amide bonds. The molecule has 0 bridgehead atoms. The lowest BCUT2D eigenvalue weighted by molar-refractivity contribution is -0.131. The van der Waals surface area contributed by atoms with Crippen molar-refractivity contribution in [3.8, 4) is 0 Å². The van der Waals surface area contributed by atoms with Gasteiger partial charge in [0.05, 0.1) is 0 Å². The van der Waals surface area contributed by atoms with Crippen molar-refractivity contribution in [2.75, 3.05) is 19.8 Å². The molecule has 34 heavy (non-hydrogen) atoms. The Balaban J connectivity index is 5.33. The molecule has 5 nitrogen and oxygen atoms in total. The van der Waals surface area contributed by atoms with Crippen molar-refractivity contribution < 1.29 is 22.9 Å². The fourth-order valence-electron chi connectivity index (χ4n) is 3.58. The lowest BCUT2D eigenvalue weighted by Crippen LogP contribution is -2.47. The molecule has 202 valence electrons. The maximum atomic E-state index is 12.6. The van der Waals surface area contributed by atoms with E-state index in [1.54, 1.807) is 0 Å². The number of ketones is 1. The topological polar surface area (TPSA) is 61.8 Å². The van der Waals surface area contributed by atoms with E-state index in [-0.39, 0.29) is 16.1 Å². The van der Waals surface area contributed by atoms with Gasteiger partial charge in [-0.2, -0.15) is 0 Å². The fourth-order valence-corrected chi connectivity index (χ4v) is 7.60. The number of thioether (sulfide) groups is 1. The molecular formula is C27H54O5SSi. The van der Waals surface area contributed by atoms with Crippen LogP contribution >= 0.6 is 11.8 Å². The maximum Gasteiger partial charge on any atom is 0.500 e. The lowest BCUT2D eigenvalue weighted by Gasteiger charge is -2.31. The van der Waals surface area contributed by atoms with Crippen LogP contribution in [0, 0.1) is 0 Å². The monoisotopic (exact) mass is 518 g/mol. The lowest BCUT2D eigenvalue weighted by atomic mass is 10.1. The highest BCUT2D eigenvalue weighted by atomic mass is 32.2. The van der Waals surface area contributed by atoms with E-state index in [0.717, 1.165) is 57.8 Å². The molecule has 0 fully saturated rings. The molecule has 0 aliphatic carbocycles. The summed E-state index contributed by atoms with van der Waals surface area (Å²) in [6.07, 6.45) is 14.9. The van der Waals surface area contributed by atoms with Crippen molar-refractivity contribution in [3.63, 3.8) is 0 Å². The third kappa shape index (κ3) is 17.3. The molecule has 0 radical (unpaired) electrons. The average molecular weight is 519 g/mol. The van der Waals surface area contributed by atoms with Crippen LogP contribution in [0.2, 0.25) is 6.04 Å². The molecule has 0 spiro atoms. The first-order valence-electron chi connectivity index (χ1n) is 14.1. The normalized spacial score (nSPS) is 12.7. The van der Waals surface area contributed by atoms with E-state index in [2.05, 4.69) is 27.7 Å². The Morgan fingerprint density at radius 1 is 0.647 bits per heavy atom. The summed E-state index contributed by atoms with van der Waals surface area (Å²) in [5.74, 6) is -0.246. The third-order valence-corrected chi connectivity index (χ3v) is 9.92. The second-order valence-electron chi connectivity index (χ2n) is 9.23. The Morgan fingerprint density at radius 3 is 1.62 bits per heavy atom. The van der Waals surface area contributed by atoms with Gasteiger partial charge in [0.1, 0.15) is 0 Å². The number of carbonyl (C=O) groups excluding carboxylic acids is 2. The highest BCUT2D eigenvalue weighted by Crippen LogP contribution is 2.29. The number of unbranched alkanes of at least 4 members (excludes halogenated alkanes) is 7. The van der Waals surface area contributed by atoms with Crippen LogP contribution in [0.4, 0.5) is 0 Å². The van der Waals surface area contributed by atoms with Crippen LogP contribution in [0.5, 0.6) is 0 Å². The minimum Gasteiger partial charge on any atom is -0.373 e. The van der Waals surface area contributed by atoms with Crippen molar-refractivity contribution in [2.24, 2.45) is 0 Å². The summed E-state index contributed by atoms with van der Waals surface area (Å²) in [6.45, 7) is 12.6. The molecule has 0 aliphatic heterocycles. The molecule has 0 heterocycles. The van der Waals surface area contributed by atoms with E-state index in [4.69, 9.17) is 13.3 Å². The van der Waals surface area contributed by atoms with Gasteiger partial charge in [-0.25, -0.2) is 0 Å². The summed E-state index contributed by atoms with van der Waals surface area (Å²) in [4.78, 5) is 24.7. The van der Waals surface area contributed by atoms with Crippen molar-refractivity contribution in [3.05, 3.63) is 0 Å². The van der Waals surface area contributed by atoms with E-state index in [0.29, 0.717) is 38.7 Å². The van der Waals surface area contributed by atoms with Gasteiger partial charge in [0, 0.05) is 37.5 Å². The Kier molecular flexibility index (Phi) is 23.1. The predicted molar refractivity (Wildman–Crippen MR) is 147 cm³/mol. The Labute approximate surface area is 216 Å². The van der Waals surface area contributed by atoms with E-state index in [1.165, 1.54) is 37.4 Å². The molecule has 0 saturated heterocycles. The van der Waals surface area contributed by atoms with E-state index < -0.39 is 8.80 Å². The molecule has 7 heteroatoms. The van der Waals surface area contributed by atoms with Gasteiger partial charge in [-0.1, -0.05) is 97.7 Å². The zero-order valence-corrected chi connectivity index (χ0v) is 24.8. The van der Waals surface area contributed by atoms with Crippen LogP contribution in [0.15, 0.2) is 0 Å². The summed E-state index contributed by atoms with van der Waals surface area (Å²) in [5, 5.41) is -0.167. The zero-order valence-electron chi connectivity index (χ0n) is 23.0. The van der Waals surface area contributed by atoms with E-state index >= 15 is 0 Å². The van der Waals surface area contributed by atoms with Crippen molar-refractivity contribution >= 4 is 31.5 Å². The highest BCUT2D eigenvalue weighted by molar-refractivity contribution is 8.15. The van der Waals surface area contributed by atoms with Crippen LogP contribution in [-0.2, 0) is 22.9 Å². The van der Waals surface area contributed by atoms with Gasteiger partial charge >= 0.3 is 8.80 Å². The van der Waals surface area contributed by atoms with Crippen LogP contribution in [0.25, 0.3) is 0 Å². The molecule has 0 aliphatic rings. The number of carbonyl (C=O) groups is 2. The molecule has 0 N–H and O–H groups in total. The third-order valence-electron chi connectivity index (χ3n) is 5.84. The minimum atomic E-state index is -2.83. The molecule has 0 aromatic carbocycles. The van der Waals surface area contributed by atoms with Crippen molar-refractivity contribution in [2.45, 2.75) is 142 Å². The molecule has 1 unspecified atom stereocenters. The van der Waals surface area contributed by atoms with Crippen molar-refractivity contribution in [1.29, 1.82) is 0 Å². The second-order valence-corrected chi connectivity index (χ2v) is 13.2. The van der Waals surface area contributed by atoms with Crippen LogP contribution in [0.1, 0.15) is 131 Å². The quantitative estimate of drug-likeness (QED) is 0.0690. The minimum absolute atomic E-state index is 0.112. The van der Waals surface area contributed by atoms with E-state index in [9.17, 15) is 9.59 Å².